The van der Waals surface area contributed by atoms with Crippen LogP contribution in [0.4, 0.5) is 5.69 Å². The number of benzene rings is 2. The zero-order valence-electron chi connectivity index (χ0n) is 11.3. The molecule has 0 saturated heterocycles. The highest BCUT2D eigenvalue weighted by Crippen LogP contribution is 2.38. The number of hydrogen-bond acceptors (Lipinski definition) is 2. The zero-order chi connectivity index (χ0) is 15.2. The van der Waals surface area contributed by atoms with Crippen molar-refractivity contribution in [2.45, 2.75) is 24.3 Å². The fraction of sp³-hybridized carbons (Fsp3) is 0.200. The summed E-state index contributed by atoms with van der Waals surface area (Å²) in [5, 5.41) is 0. The molecule has 2 aromatic rings. The minimum Gasteiger partial charge on any atom is -0.263 e. The first-order chi connectivity index (χ1) is 9.89. The molecule has 3 nitrogen and oxygen atoms in total. The Kier molecular flexibility index (Phi) is 3.88. The molecule has 6 heteroatoms. The second kappa shape index (κ2) is 5.41. The van der Waals surface area contributed by atoms with Gasteiger partial charge in [-0.3, -0.25) is 4.31 Å². The van der Waals surface area contributed by atoms with Crippen LogP contribution in [-0.4, -0.2) is 14.5 Å². The van der Waals surface area contributed by atoms with E-state index >= 15 is 0 Å². The number of fused-ring (bicyclic) bond motifs is 1. The van der Waals surface area contributed by atoms with Gasteiger partial charge in [-0.15, -0.1) is 0 Å². The topological polar surface area (TPSA) is 37.4 Å². The molecule has 110 valence electrons. The highest BCUT2D eigenvalue weighted by Gasteiger charge is 2.35. The molecule has 0 aliphatic carbocycles. The number of halogens is 2. The average Bonchev–Trinajstić information content (AvgIpc) is 2.74. The van der Waals surface area contributed by atoms with Crippen molar-refractivity contribution < 1.29 is 8.42 Å². The van der Waals surface area contributed by atoms with E-state index in [2.05, 4.69) is 31.9 Å². The van der Waals surface area contributed by atoms with Gasteiger partial charge in [0.25, 0.3) is 10.0 Å². The van der Waals surface area contributed by atoms with Crippen LogP contribution in [-0.2, 0) is 16.4 Å². The van der Waals surface area contributed by atoms with Gasteiger partial charge in [-0.25, -0.2) is 8.42 Å². The second-order valence-electron chi connectivity index (χ2n) is 5.08. The Morgan fingerprint density at radius 2 is 1.67 bits per heavy atom. The lowest BCUT2D eigenvalue weighted by Crippen LogP contribution is -2.35. The summed E-state index contributed by atoms with van der Waals surface area (Å²) >= 11 is 6.76. The number of hydrogen-bond donors (Lipinski definition) is 0. The Balaban J connectivity index is 2.10. The monoisotopic (exact) mass is 429 g/mol. The van der Waals surface area contributed by atoms with Crippen LogP contribution in [0, 0.1) is 0 Å². The van der Waals surface area contributed by atoms with Gasteiger partial charge in [0, 0.05) is 15.0 Å². The summed E-state index contributed by atoms with van der Waals surface area (Å²) in [4.78, 5) is 0.313. The van der Waals surface area contributed by atoms with Crippen molar-refractivity contribution in [1.82, 2.24) is 0 Å². The van der Waals surface area contributed by atoms with Crippen LogP contribution >= 0.6 is 31.9 Å². The Bertz CT molecular complexity index is 788. The summed E-state index contributed by atoms with van der Waals surface area (Å²) in [5.41, 5.74) is 1.83. The maximum atomic E-state index is 12.9. The summed E-state index contributed by atoms with van der Waals surface area (Å²) in [6.07, 6.45) is 0.727. The van der Waals surface area contributed by atoms with E-state index in [1.165, 1.54) is 4.31 Å². The van der Waals surface area contributed by atoms with Gasteiger partial charge < -0.3 is 0 Å². The second-order valence-corrected chi connectivity index (χ2v) is 8.73. The zero-order valence-corrected chi connectivity index (χ0v) is 15.2. The first-order valence-corrected chi connectivity index (χ1v) is 9.50. The molecular weight excluding hydrogens is 418 g/mol. The molecule has 0 bridgehead atoms. The predicted octanol–water partition coefficient (Wildman–Crippen LogP) is 4.35. The van der Waals surface area contributed by atoms with Gasteiger partial charge in [-0.05, 0) is 61.4 Å². The van der Waals surface area contributed by atoms with Crippen molar-refractivity contribution in [3.63, 3.8) is 0 Å². The molecule has 2 aromatic carbocycles. The van der Waals surface area contributed by atoms with E-state index in [4.69, 9.17) is 0 Å². The van der Waals surface area contributed by atoms with Crippen LogP contribution in [0.1, 0.15) is 12.5 Å². The lowest BCUT2D eigenvalue weighted by molar-refractivity contribution is 0.584. The third-order valence-corrected chi connectivity index (χ3v) is 6.53. The Hall–Kier alpha value is -0.850. The SMILES string of the molecule is CC1Cc2cc(Br)ccc2N1S(=O)(=O)c1ccc(Br)cc1. The first kappa shape index (κ1) is 15.1. The quantitative estimate of drug-likeness (QED) is 0.710. The molecule has 0 N–H and O–H groups in total. The number of rotatable bonds is 2. The lowest BCUT2D eigenvalue weighted by Gasteiger charge is -2.24. The molecule has 1 aliphatic heterocycles. The van der Waals surface area contributed by atoms with Crippen molar-refractivity contribution in [2.24, 2.45) is 0 Å². The maximum Gasteiger partial charge on any atom is 0.264 e. The van der Waals surface area contributed by atoms with E-state index in [9.17, 15) is 8.42 Å². The molecule has 0 fully saturated rings. The fourth-order valence-electron chi connectivity index (χ4n) is 2.66. The third-order valence-electron chi connectivity index (χ3n) is 3.57. The highest BCUT2D eigenvalue weighted by molar-refractivity contribution is 9.10. The van der Waals surface area contributed by atoms with Gasteiger partial charge >= 0.3 is 0 Å². The van der Waals surface area contributed by atoms with Crippen molar-refractivity contribution in [1.29, 1.82) is 0 Å². The third kappa shape index (κ3) is 2.64. The maximum absolute atomic E-state index is 12.9. The van der Waals surface area contributed by atoms with E-state index in [-0.39, 0.29) is 6.04 Å². The minimum atomic E-state index is -3.53. The Morgan fingerprint density at radius 3 is 2.33 bits per heavy atom. The first-order valence-electron chi connectivity index (χ1n) is 6.48. The molecule has 0 radical (unpaired) electrons. The fourth-order valence-corrected chi connectivity index (χ4v) is 5.02. The number of anilines is 1. The number of nitrogens with zero attached hydrogens (tertiary/aromatic N) is 1. The molecule has 1 atom stereocenters. The van der Waals surface area contributed by atoms with Gasteiger partial charge in [0.2, 0.25) is 0 Å². The Labute approximate surface area is 141 Å². The van der Waals surface area contributed by atoms with E-state index in [1.807, 2.05) is 25.1 Å². The molecular formula is C15H13Br2NO2S. The molecule has 3 rings (SSSR count). The molecule has 21 heavy (non-hydrogen) atoms. The van der Waals surface area contributed by atoms with Crippen LogP contribution < -0.4 is 4.31 Å². The molecule has 0 aromatic heterocycles. The summed E-state index contributed by atoms with van der Waals surface area (Å²) in [7, 11) is -3.53. The van der Waals surface area contributed by atoms with E-state index in [0.29, 0.717) is 4.90 Å². The Morgan fingerprint density at radius 1 is 1.05 bits per heavy atom. The normalized spacial score (nSPS) is 17.9. The molecule has 0 saturated carbocycles. The van der Waals surface area contributed by atoms with Gasteiger partial charge in [0.15, 0.2) is 0 Å². The van der Waals surface area contributed by atoms with Crippen molar-refractivity contribution >= 4 is 47.6 Å². The smallest absolute Gasteiger partial charge is 0.263 e. The van der Waals surface area contributed by atoms with Gasteiger partial charge in [0.1, 0.15) is 0 Å². The summed E-state index contributed by atoms with van der Waals surface area (Å²) < 4.78 is 29.2. The molecule has 0 spiro atoms. The standard InChI is InChI=1S/C15H13Br2NO2S/c1-10-8-11-9-13(17)4-7-15(11)18(10)21(19,20)14-5-2-12(16)3-6-14/h2-7,9-10H,8H2,1H3. The van der Waals surface area contributed by atoms with Crippen LogP contribution in [0.25, 0.3) is 0 Å². The van der Waals surface area contributed by atoms with Crippen molar-refractivity contribution in [2.75, 3.05) is 4.31 Å². The largest absolute Gasteiger partial charge is 0.264 e. The van der Waals surface area contributed by atoms with Gasteiger partial charge in [-0.2, -0.15) is 0 Å². The van der Waals surface area contributed by atoms with E-state index < -0.39 is 10.0 Å². The van der Waals surface area contributed by atoms with E-state index in [1.54, 1.807) is 24.3 Å². The van der Waals surface area contributed by atoms with Crippen LogP contribution in [0.5, 0.6) is 0 Å². The van der Waals surface area contributed by atoms with Crippen LogP contribution in [0.3, 0.4) is 0 Å². The molecule has 1 unspecified atom stereocenters. The van der Waals surface area contributed by atoms with Crippen molar-refractivity contribution in [3.05, 3.63) is 57.0 Å². The van der Waals surface area contributed by atoms with Crippen LogP contribution in [0.15, 0.2) is 56.3 Å². The minimum absolute atomic E-state index is 0.0806. The van der Waals surface area contributed by atoms with Gasteiger partial charge in [0.05, 0.1) is 10.6 Å². The summed E-state index contributed by atoms with van der Waals surface area (Å²) in [6.45, 7) is 1.93. The van der Waals surface area contributed by atoms with E-state index in [0.717, 1.165) is 26.6 Å². The average molecular weight is 431 g/mol. The predicted molar refractivity (Wildman–Crippen MR) is 91.1 cm³/mol. The highest BCUT2D eigenvalue weighted by atomic mass is 79.9. The van der Waals surface area contributed by atoms with Crippen molar-refractivity contribution in [3.8, 4) is 0 Å². The molecule has 0 amide bonds. The van der Waals surface area contributed by atoms with Crippen LogP contribution in [0.2, 0.25) is 0 Å². The van der Waals surface area contributed by atoms with Gasteiger partial charge in [-0.1, -0.05) is 31.9 Å². The molecule has 1 aliphatic rings. The molecule has 1 heterocycles. The summed E-state index contributed by atoms with van der Waals surface area (Å²) in [6, 6.07) is 12.4. The summed E-state index contributed by atoms with van der Waals surface area (Å²) in [5.74, 6) is 0. The number of sulfonamides is 1. The lowest BCUT2D eigenvalue weighted by atomic mass is 10.1.